The molecule has 0 saturated carbocycles. The van der Waals surface area contributed by atoms with E-state index in [1.54, 1.807) is 0 Å². The lowest BCUT2D eigenvalue weighted by atomic mass is 9.92. The second-order valence-corrected chi connectivity index (χ2v) is 4.63. The third-order valence-corrected chi connectivity index (χ3v) is 3.22. The maximum Gasteiger partial charge on any atom is -0.0193 e. The van der Waals surface area contributed by atoms with Crippen LogP contribution < -0.4 is 0 Å². The van der Waals surface area contributed by atoms with Crippen molar-refractivity contribution in [2.45, 2.75) is 40.0 Å². The zero-order valence-corrected chi connectivity index (χ0v) is 10.8. The van der Waals surface area contributed by atoms with Gasteiger partial charge in [0, 0.05) is 0 Å². The smallest absolute Gasteiger partial charge is 0.0193 e. The van der Waals surface area contributed by atoms with E-state index < -0.39 is 0 Å². The summed E-state index contributed by atoms with van der Waals surface area (Å²) in [5.41, 5.74) is 1.45. The second kappa shape index (κ2) is 7.27. The predicted octanol–water partition coefficient (Wildman–Crippen LogP) is 5.06. The van der Waals surface area contributed by atoms with Crippen LogP contribution in [0.15, 0.2) is 48.1 Å². The Bertz CT molecular complexity index is 302. The minimum atomic E-state index is 0.688. The van der Waals surface area contributed by atoms with E-state index in [0.29, 0.717) is 5.92 Å². The van der Waals surface area contributed by atoms with Crippen LogP contribution in [0.2, 0.25) is 0 Å². The van der Waals surface area contributed by atoms with Gasteiger partial charge in [0.2, 0.25) is 0 Å². The molecule has 2 unspecified atom stereocenters. The van der Waals surface area contributed by atoms with Gasteiger partial charge in [-0.2, -0.15) is 0 Å². The highest BCUT2D eigenvalue weighted by Crippen LogP contribution is 2.21. The first-order valence-corrected chi connectivity index (χ1v) is 6.48. The van der Waals surface area contributed by atoms with Gasteiger partial charge in [0.05, 0.1) is 0 Å². The first kappa shape index (κ1) is 13.0. The summed E-state index contributed by atoms with van der Waals surface area (Å²) >= 11 is 0. The molecule has 88 valence electrons. The van der Waals surface area contributed by atoms with Crippen LogP contribution in [0.25, 0.3) is 0 Å². The van der Waals surface area contributed by atoms with Crippen molar-refractivity contribution in [2.75, 3.05) is 0 Å². The first-order valence-electron chi connectivity index (χ1n) is 6.48. The number of hydrogen-bond donors (Lipinski definition) is 0. The van der Waals surface area contributed by atoms with Gasteiger partial charge in [-0.25, -0.2) is 0 Å². The Labute approximate surface area is 100 Å². The molecule has 0 N–H and O–H groups in total. The summed E-state index contributed by atoms with van der Waals surface area (Å²) < 4.78 is 0. The molecule has 2 atom stereocenters. The van der Waals surface area contributed by atoms with Gasteiger partial charge < -0.3 is 0 Å². The maximum absolute atomic E-state index is 2.31. The lowest BCUT2D eigenvalue weighted by molar-refractivity contribution is 0.621. The highest BCUT2D eigenvalue weighted by atomic mass is 14.1. The molecule has 0 aromatic heterocycles. The van der Waals surface area contributed by atoms with E-state index in [4.69, 9.17) is 0 Å². The molecule has 0 aromatic carbocycles. The van der Waals surface area contributed by atoms with Gasteiger partial charge >= 0.3 is 0 Å². The van der Waals surface area contributed by atoms with Crippen LogP contribution in [0.3, 0.4) is 0 Å². The van der Waals surface area contributed by atoms with Crippen LogP contribution in [0, 0.1) is 11.8 Å². The second-order valence-electron chi connectivity index (χ2n) is 4.63. The molecule has 0 aliphatic heterocycles. The van der Waals surface area contributed by atoms with Gasteiger partial charge in [-0.05, 0) is 30.3 Å². The monoisotopic (exact) mass is 216 g/mol. The molecule has 0 spiro atoms. The number of allylic oxidation sites excluding steroid dienone is 8. The van der Waals surface area contributed by atoms with Crippen LogP contribution in [0.5, 0.6) is 0 Å². The Morgan fingerprint density at radius 3 is 2.88 bits per heavy atom. The topological polar surface area (TPSA) is 0 Å². The van der Waals surface area contributed by atoms with Gasteiger partial charge in [-0.3, -0.25) is 0 Å². The summed E-state index contributed by atoms with van der Waals surface area (Å²) in [6, 6.07) is 0. The lowest BCUT2D eigenvalue weighted by Crippen LogP contribution is -1.98. The molecule has 0 nitrogen and oxygen atoms in total. The standard InChI is InChI=1S/C16H24/c1-4-14(3)9-6-7-10-16-12-8-11-15(5-2)13-16/h6-12,14-15H,4-5,13H2,1-3H3. The molecule has 0 radical (unpaired) electrons. The summed E-state index contributed by atoms with van der Waals surface area (Å²) in [7, 11) is 0. The van der Waals surface area contributed by atoms with Crippen molar-refractivity contribution < 1.29 is 0 Å². The van der Waals surface area contributed by atoms with E-state index in [1.807, 2.05) is 0 Å². The van der Waals surface area contributed by atoms with Crippen LogP contribution in [-0.4, -0.2) is 0 Å². The molecule has 0 bridgehead atoms. The van der Waals surface area contributed by atoms with E-state index in [9.17, 15) is 0 Å². The fourth-order valence-electron chi connectivity index (χ4n) is 1.75. The van der Waals surface area contributed by atoms with Crippen molar-refractivity contribution >= 4 is 0 Å². The van der Waals surface area contributed by atoms with E-state index >= 15 is 0 Å². The summed E-state index contributed by atoms with van der Waals surface area (Å²) in [5, 5.41) is 0. The maximum atomic E-state index is 2.31. The van der Waals surface area contributed by atoms with Gasteiger partial charge in [0.15, 0.2) is 0 Å². The van der Waals surface area contributed by atoms with Crippen molar-refractivity contribution in [3.63, 3.8) is 0 Å². The quantitative estimate of drug-likeness (QED) is 0.564. The van der Waals surface area contributed by atoms with E-state index in [1.165, 1.54) is 24.8 Å². The minimum absolute atomic E-state index is 0.688. The third kappa shape index (κ3) is 4.65. The molecule has 0 amide bonds. The number of rotatable bonds is 5. The van der Waals surface area contributed by atoms with Crippen molar-refractivity contribution in [3.05, 3.63) is 48.1 Å². The summed E-state index contributed by atoms with van der Waals surface area (Å²) in [6.07, 6.45) is 19.2. The SMILES string of the molecule is CCC(C)C=CC=CC1=CC=CC(CC)C1. The summed E-state index contributed by atoms with van der Waals surface area (Å²) in [4.78, 5) is 0. The molecule has 1 aliphatic rings. The minimum Gasteiger partial charge on any atom is -0.0817 e. The highest BCUT2D eigenvalue weighted by molar-refractivity contribution is 5.30. The van der Waals surface area contributed by atoms with E-state index in [-0.39, 0.29) is 0 Å². The average Bonchev–Trinajstić information content (AvgIpc) is 2.34. The van der Waals surface area contributed by atoms with Crippen molar-refractivity contribution in [1.82, 2.24) is 0 Å². The molecule has 16 heavy (non-hydrogen) atoms. The van der Waals surface area contributed by atoms with Gasteiger partial charge in [-0.15, -0.1) is 0 Å². The molecule has 1 aliphatic carbocycles. The Hall–Kier alpha value is -1.04. The van der Waals surface area contributed by atoms with Crippen LogP contribution in [0.1, 0.15) is 40.0 Å². The summed E-state index contributed by atoms with van der Waals surface area (Å²) in [6.45, 7) is 6.73. The summed E-state index contributed by atoms with van der Waals surface area (Å²) in [5.74, 6) is 1.43. The molecule has 0 saturated heterocycles. The molecular weight excluding hydrogens is 192 g/mol. The zero-order valence-electron chi connectivity index (χ0n) is 10.8. The van der Waals surface area contributed by atoms with Crippen LogP contribution >= 0.6 is 0 Å². The van der Waals surface area contributed by atoms with Gasteiger partial charge in [0.1, 0.15) is 0 Å². The molecule has 0 heterocycles. The molecule has 0 aromatic rings. The van der Waals surface area contributed by atoms with Crippen molar-refractivity contribution in [1.29, 1.82) is 0 Å². The lowest BCUT2D eigenvalue weighted by Gasteiger charge is -2.13. The Balaban J connectivity index is 2.43. The fraction of sp³-hybridized carbons (Fsp3) is 0.500. The predicted molar refractivity (Wildman–Crippen MR) is 73.4 cm³/mol. The van der Waals surface area contributed by atoms with Gasteiger partial charge in [0.25, 0.3) is 0 Å². The average molecular weight is 216 g/mol. The van der Waals surface area contributed by atoms with E-state index in [2.05, 4.69) is 63.3 Å². The Morgan fingerprint density at radius 1 is 1.38 bits per heavy atom. The zero-order chi connectivity index (χ0) is 11.8. The fourth-order valence-corrected chi connectivity index (χ4v) is 1.75. The Kier molecular flexibility index (Phi) is 5.92. The van der Waals surface area contributed by atoms with Gasteiger partial charge in [-0.1, -0.05) is 69.7 Å². The normalized spacial score (nSPS) is 22.9. The van der Waals surface area contributed by atoms with Crippen LogP contribution in [-0.2, 0) is 0 Å². The first-order chi connectivity index (χ1) is 7.76. The largest absolute Gasteiger partial charge is 0.0817 e. The third-order valence-electron chi connectivity index (χ3n) is 3.22. The molecule has 0 heteroatoms. The van der Waals surface area contributed by atoms with Crippen molar-refractivity contribution in [3.8, 4) is 0 Å². The van der Waals surface area contributed by atoms with Crippen LogP contribution in [0.4, 0.5) is 0 Å². The molecule has 0 fully saturated rings. The molecule has 1 rings (SSSR count). The van der Waals surface area contributed by atoms with E-state index in [0.717, 1.165) is 5.92 Å². The Morgan fingerprint density at radius 2 is 2.19 bits per heavy atom. The van der Waals surface area contributed by atoms with Crippen molar-refractivity contribution in [2.24, 2.45) is 11.8 Å². The number of hydrogen-bond acceptors (Lipinski definition) is 0. The highest BCUT2D eigenvalue weighted by Gasteiger charge is 2.06. The molecular formula is C16H24.